The lowest BCUT2D eigenvalue weighted by Crippen LogP contribution is -2.27. The molecule has 0 aliphatic heterocycles. The minimum atomic E-state index is -0.718. The summed E-state index contributed by atoms with van der Waals surface area (Å²) in [4.78, 5) is 47.1. The van der Waals surface area contributed by atoms with Crippen molar-refractivity contribution < 1.29 is 19.1 Å². The highest BCUT2D eigenvalue weighted by Crippen LogP contribution is 2.47. The molecule has 6 aromatic carbocycles. The first kappa shape index (κ1) is 59.6. The third-order valence-electron chi connectivity index (χ3n) is 13.5. The van der Waals surface area contributed by atoms with Gasteiger partial charge in [-0.25, -0.2) is 19.9 Å². The molecule has 0 bridgehead atoms. The van der Waals surface area contributed by atoms with Crippen molar-refractivity contribution >= 4 is 83.8 Å². The lowest BCUT2D eigenvalue weighted by atomic mass is 9.90. The van der Waals surface area contributed by atoms with Crippen LogP contribution in [-0.2, 0) is 24.6 Å². The van der Waals surface area contributed by atoms with Gasteiger partial charge in [0.05, 0.1) is 43.4 Å². The van der Waals surface area contributed by atoms with Gasteiger partial charge >= 0.3 is 0 Å². The van der Waals surface area contributed by atoms with Gasteiger partial charge in [-0.3, -0.25) is 14.3 Å². The zero-order valence-corrected chi connectivity index (χ0v) is 52.3. The molecule has 0 aliphatic carbocycles. The molecule has 10 rings (SSSR count). The minimum Gasteiger partial charge on any atom is -0.360 e. The number of Topliss-reactive ketones (excluding diaryl/α,β-unsaturated/α-hetero) is 2. The molecule has 0 N–H and O–H groups in total. The van der Waals surface area contributed by atoms with Gasteiger partial charge in [-0.1, -0.05) is 83.9 Å². The number of ketones is 2. The molecule has 2 atom stereocenters. The zero-order chi connectivity index (χ0) is 59.2. The van der Waals surface area contributed by atoms with E-state index >= 15 is 0 Å². The largest absolute Gasteiger partial charge is 0.360 e. The van der Waals surface area contributed by atoms with Crippen molar-refractivity contribution in [3.8, 4) is 65.6 Å². The van der Waals surface area contributed by atoms with Crippen molar-refractivity contribution in [2.45, 2.75) is 119 Å². The fourth-order valence-electron chi connectivity index (χ4n) is 9.75. The van der Waals surface area contributed by atoms with E-state index in [-0.39, 0.29) is 17.1 Å². The molecule has 0 fully saturated rings. The van der Waals surface area contributed by atoms with Gasteiger partial charge in [0.1, 0.15) is 22.2 Å². The summed E-state index contributed by atoms with van der Waals surface area (Å²) in [5.41, 5.74) is 14.3. The molecule has 422 valence electrons. The second-order valence-corrected chi connectivity index (χ2v) is 26.7. The number of thiazole rings is 2. The van der Waals surface area contributed by atoms with Gasteiger partial charge in [0.25, 0.3) is 0 Å². The maximum absolute atomic E-state index is 13.0. The number of hydrogen-bond donors (Lipinski definition) is 0. The van der Waals surface area contributed by atoms with Crippen LogP contribution in [-0.4, -0.2) is 66.6 Å². The summed E-state index contributed by atoms with van der Waals surface area (Å²) in [7, 11) is 3.84. The van der Waals surface area contributed by atoms with Gasteiger partial charge in [-0.05, 0) is 172 Å². The van der Waals surface area contributed by atoms with Crippen molar-refractivity contribution in [1.82, 2.24) is 29.7 Å². The summed E-state index contributed by atoms with van der Waals surface area (Å²) in [5, 5.41) is 7.69. The molecule has 0 amide bonds. The van der Waals surface area contributed by atoms with Crippen molar-refractivity contribution in [1.29, 1.82) is 0 Å². The first-order valence-corrected chi connectivity index (χ1v) is 29.5. The minimum absolute atomic E-state index is 0.0363. The summed E-state index contributed by atoms with van der Waals surface area (Å²) < 4.78 is 16.8. The van der Waals surface area contributed by atoms with E-state index in [9.17, 15) is 9.59 Å². The summed E-state index contributed by atoms with van der Waals surface area (Å²) in [6, 6.07) is 36.3. The van der Waals surface area contributed by atoms with Crippen LogP contribution in [0, 0.1) is 13.8 Å². The molecule has 15 heteroatoms. The summed E-state index contributed by atoms with van der Waals surface area (Å²) in [6.45, 7) is 25.5. The van der Waals surface area contributed by atoms with E-state index in [1.54, 1.807) is 36.5 Å². The van der Waals surface area contributed by atoms with E-state index in [2.05, 4.69) is 90.6 Å². The fourth-order valence-corrected chi connectivity index (χ4v) is 12.2. The number of fused-ring (bicyclic) bond motifs is 2. The molecule has 0 radical (unpaired) electrons. The molecule has 0 aliphatic rings. The average Bonchev–Trinajstić information content (AvgIpc) is 4.32. The van der Waals surface area contributed by atoms with Crippen molar-refractivity contribution in [3.05, 3.63) is 166 Å². The molecule has 4 aromatic heterocycles. The smallest absolute Gasteiger partial charge is 0.224 e. The van der Waals surface area contributed by atoms with E-state index in [4.69, 9.17) is 42.6 Å². The number of aryl methyl sites for hydroxylation is 2. The molecule has 0 saturated heterocycles. The van der Waals surface area contributed by atoms with Crippen molar-refractivity contribution in [3.63, 3.8) is 0 Å². The highest BCUT2D eigenvalue weighted by atomic mass is 35.5. The van der Waals surface area contributed by atoms with Crippen LogP contribution in [0.15, 0.2) is 134 Å². The normalized spacial score (nSPS) is 12.8. The number of anilines is 1. The second-order valence-electron chi connectivity index (χ2n) is 23.8. The molecular weight excluding hydrogens is 1100 g/mol. The molecule has 10 aromatic rings. The van der Waals surface area contributed by atoms with Crippen LogP contribution < -0.4 is 4.90 Å². The van der Waals surface area contributed by atoms with Gasteiger partial charge in [-0.15, -0.1) is 22.7 Å². The van der Waals surface area contributed by atoms with Crippen LogP contribution in [0.4, 0.5) is 5.95 Å². The number of aromatic nitrogens is 6. The van der Waals surface area contributed by atoms with E-state index in [0.717, 1.165) is 108 Å². The first-order chi connectivity index (χ1) is 38.6. The van der Waals surface area contributed by atoms with Crippen LogP contribution in [0.3, 0.4) is 0 Å². The number of nitrogens with zero attached hydrogens (tertiary/aromatic N) is 7. The monoisotopic (exact) mass is 1170 g/mol. The molecular formula is C67H69Cl2N7O4S2. The van der Waals surface area contributed by atoms with Gasteiger partial charge in [0.2, 0.25) is 5.95 Å². The standard InChI is InChI=1S/C34H36ClN3O2S.C33H33ClN4O2S/c1-20-16-27-31(29(22-12-14-26(35)15-13-22)28(20)30(21(2)39)40-34(6,7)8)41-32(37-27)24-11-9-10-23(17-24)25-18-36-38(19-25)33(3,4)5;1-19-15-26-30(28(21-11-13-25(34)14-12-21)27(19)29(20(2)39)40-33(3,4)5)41-31(37-26)23-10-8-9-22(16-23)24-17-35-32(36-18-24)38(6)7/h9-19,30H,1-8H3;8-18,29H,1-7H3/t30-;29-/m11/s1. The SMILES string of the molecule is CC(=O)[C@@H](OC(C)(C)C)c1c(C)cc2nc(-c3cccc(-c4cnc(N(C)C)nc4)c3)sc2c1-c1ccc(Cl)cc1.CC(=O)[C@@H](OC(C)(C)C)c1c(C)cc2nc(-c3cccc(-c4cnn(C(C)(C)C)c4)c3)sc2c1-c1ccc(Cl)cc1. The van der Waals surface area contributed by atoms with Crippen molar-refractivity contribution in [2.75, 3.05) is 19.0 Å². The first-order valence-electron chi connectivity index (χ1n) is 27.1. The Hall–Kier alpha value is -6.97. The summed E-state index contributed by atoms with van der Waals surface area (Å²) in [5.74, 6) is 0.583. The van der Waals surface area contributed by atoms with Crippen LogP contribution in [0.25, 0.3) is 86.1 Å². The maximum Gasteiger partial charge on any atom is 0.224 e. The maximum atomic E-state index is 13.0. The van der Waals surface area contributed by atoms with Gasteiger partial charge in [0.15, 0.2) is 11.6 Å². The fraction of sp³-hybridized carbons (Fsp3) is 0.299. The Morgan fingerprint density at radius 3 is 1.30 bits per heavy atom. The van der Waals surface area contributed by atoms with Gasteiger partial charge < -0.3 is 14.4 Å². The predicted octanol–water partition coefficient (Wildman–Crippen LogP) is 18.2. The molecule has 0 unspecified atom stereocenters. The van der Waals surface area contributed by atoms with Crippen LogP contribution >= 0.6 is 45.9 Å². The average molecular weight is 1170 g/mol. The second kappa shape index (κ2) is 23.7. The van der Waals surface area contributed by atoms with E-state index in [1.165, 1.54) is 0 Å². The third kappa shape index (κ3) is 13.4. The lowest BCUT2D eigenvalue weighted by molar-refractivity contribution is -0.139. The number of carbonyl (C=O) groups is 2. The Balaban J connectivity index is 0.000000198. The number of halogens is 2. The lowest BCUT2D eigenvalue weighted by Gasteiger charge is -2.29. The molecule has 0 spiro atoms. The van der Waals surface area contributed by atoms with E-state index < -0.39 is 23.4 Å². The Bertz CT molecular complexity index is 3980. The van der Waals surface area contributed by atoms with Crippen LogP contribution in [0.5, 0.6) is 0 Å². The topological polar surface area (TPSA) is 125 Å². The quantitative estimate of drug-likeness (QED) is 0.110. The van der Waals surface area contributed by atoms with E-state index in [0.29, 0.717) is 16.0 Å². The van der Waals surface area contributed by atoms with Crippen LogP contribution in [0.1, 0.15) is 111 Å². The van der Waals surface area contributed by atoms with Crippen LogP contribution in [0.2, 0.25) is 10.0 Å². The Morgan fingerprint density at radius 2 is 0.939 bits per heavy atom. The Morgan fingerprint density at radius 1 is 0.537 bits per heavy atom. The third-order valence-corrected chi connectivity index (χ3v) is 16.3. The Labute approximate surface area is 499 Å². The van der Waals surface area contributed by atoms with Gasteiger partial charge in [-0.2, -0.15) is 5.10 Å². The predicted molar refractivity (Wildman–Crippen MR) is 341 cm³/mol. The zero-order valence-electron chi connectivity index (χ0n) is 49.2. The Kier molecular flexibility index (Phi) is 17.3. The number of rotatable bonds is 13. The highest BCUT2D eigenvalue weighted by Gasteiger charge is 2.33. The number of ether oxygens (including phenoxy) is 2. The molecule has 0 saturated carbocycles. The highest BCUT2D eigenvalue weighted by molar-refractivity contribution is 7.22. The number of benzene rings is 6. The van der Waals surface area contributed by atoms with Crippen molar-refractivity contribution in [2.24, 2.45) is 0 Å². The molecule has 11 nitrogen and oxygen atoms in total. The molecule has 82 heavy (non-hydrogen) atoms. The number of carbonyl (C=O) groups excluding carboxylic acids is 2. The summed E-state index contributed by atoms with van der Waals surface area (Å²) in [6.07, 6.45) is 6.25. The molecule has 4 heterocycles. The number of hydrogen-bond acceptors (Lipinski definition) is 12. The summed E-state index contributed by atoms with van der Waals surface area (Å²) >= 11 is 15.8. The van der Waals surface area contributed by atoms with E-state index in [1.807, 2.05) is 158 Å². The van der Waals surface area contributed by atoms with Gasteiger partial charge in [0, 0.05) is 87.2 Å².